The molecule has 1 aromatic rings. The summed E-state index contributed by atoms with van der Waals surface area (Å²) >= 11 is 0. The van der Waals surface area contributed by atoms with E-state index in [4.69, 9.17) is 9.84 Å². The summed E-state index contributed by atoms with van der Waals surface area (Å²) in [4.78, 5) is 14.8. The van der Waals surface area contributed by atoms with Crippen LogP contribution in [0, 0.1) is 17.8 Å². The second-order valence-electron chi connectivity index (χ2n) is 6.99. The summed E-state index contributed by atoms with van der Waals surface area (Å²) in [5.41, 5.74) is -1.02. The van der Waals surface area contributed by atoms with Gasteiger partial charge in [0.15, 0.2) is 12.2 Å². The molecule has 0 amide bonds. The van der Waals surface area contributed by atoms with E-state index in [1.807, 2.05) is 30.0 Å². The fourth-order valence-corrected chi connectivity index (χ4v) is 3.65. The molecule has 0 spiro atoms. The Hall–Kier alpha value is -1.87. The van der Waals surface area contributed by atoms with E-state index in [1.165, 1.54) is 0 Å². The Bertz CT molecular complexity index is 631. The summed E-state index contributed by atoms with van der Waals surface area (Å²) < 4.78 is 5.36. The van der Waals surface area contributed by atoms with Crippen molar-refractivity contribution in [3.05, 3.63) is 35.9 Å². The van der Waals surface area contributed by atoms with Gasteiger partial charge in [-0.2, -0.15) is 0 Å². The summed E-state index contributed by atoms with van der Waals surface area (Å²) in [5.74, 6) is 5.05. The zero-order chi connectivity index (χ0) is 19.5. The van der Waals surface area contributed by atoms with Gasteiger partial charge in [0.2, 0.25) is 0 Å². The molecule has 5 nitrogen and oxygen atoms in total. The Morgan fingerprint density at radius 1 is 1.22 bits per heavy atom. The Morgan fingerprint density at radius 2 is 1.93 bits per heavy atom. The number of carbonyl (C=O) groups is 1. The van der Waals surface area contributed by atoms with Gasteiger partial charge in [-0.3, -0.25) is 4.90 Å². The first-order chi connectivity index (χ1) is 13.1. The van der Waals surface area contributed by atoms with Gasteiger partial charge >= 0.3 is 5.97 Å². The summed E-state index contributed by atoms with van der Waals surface area (Å²) in [6.07, 6.45) is 4.82. The monoisotopic (exact) mass is 373 g/mol. The molecule has 1 aliphatic rings. The van der Waals surface area contributed by atoms with Crippen LogP contribution in [0.25, 0.3) is 0 Å². The van der Waals surface area contributed by atoms with Crippen LogP contribution >= 0.6 is 0 Å². The first-order valence-electron chi connectivity index (χ1n) is 9.87. The minimum atomic E-state index is -1.62. The van der Waals surface area contributed by atoms with Crippen molar-refractivity contribution in [1.82, 2.24) is 4.90 Å². The van der Waals surface area contributed by atoms with Crippen molar-refractivity contribution in [3.8, 4) is 11.8 Å². The first kappa shape index (κ1) is 21.4. The van der Waals surface area contributed by atoms with Gasteiger partial charge in [-0.05, 0) is 24.9 Å². The number of nitrogens with zero attached hydrogens (tertiary/aromatic N) is 1. The molecule has 2 rings (SSSR count). The van der Waals surface area contributed by atoms with Crippen molar-refractivity contribution in [2.75, 3.05) is 32.8 Å². The second-order valence-corrected chi connectivity index (χ2v) is 6.99. The van der Waals surface area contributed by atoms with Crippen LogP contribution < -0.4 is 0 Å². The number of carbonyl (C=O) groups excluding carboxylic acids is 1. The van der Waals surface area contributed by atoms with Gasteiger partial charge in [0.25, 0.3) is 0 Å². The number of hydrogen-bond acceptors (Lipinski definition) is 5. The summed E-state index contributed by atoms with van der Waals surface area (Å²) in [6.45, 7) is 3.93. The van der Waals surface area contributed by atoms with E-state index in [0.29, 0.717) is 18.7 Å². The number of hydrogen-bond donors (Lipinski definition) is 2. The number of benzene rings is 1. The van der Waals surface area contributed by atoms with Crippen LogP contribution in [-0.4, -0.2) is 53.9 Å². The first-order valence-corrected chi connectivity index (χ1v) is 9.87. The minimum absolute atomic E-state index is 0.0443. The molecule has 1 aromatic carbocycles. The van der Waals surface area contributed by atoms with E-state index >= 15 is 0 Å². The Balaban J connectivity index is 2.02. The maximum Gasteiger partial charge on any atom is 0.344 e. The molecule has 0 radical (unpaired) electrons. The van der Waals surface area contributed by atoms with Gasteiger partial charge in [-0.1, -0.05) is 68.4 Å². The van der Waals surface area contributed by atoms with Gasteiger partial charge in [0.1, 0.15) is 0 Å². The molecule has 1 aliphatic carbocycles. The molecule has 148 valence electrons. The number of ether oxygens (including phenoxy) is 1. The lowest BCUT2D eigenvalue weighted by Crippen LogP contribution is -2.45. The number of aliphatic hydroxyl groups is 2. The highest BCUT2D eigenvalue weighted by Gasteiger charge is 2.46. The van der Waals surface area contributed by atoms with Gasteiger partial charge in [-0.25, -0.2) is 4.79 Å². The van der Waals surface area contributed by atoms with Gasteiger partial charge in [0, 0.05) is 12.5 Å². The average Bonchev–Trinajstić information content (AvgIpc) is 2.73. The zero-order valence-corrected chi connectivity index (χ0v) is 16.2. The Kier molecular flexibility index (Phi) is 8.80. The molecule has 1 saturated carbocycles. The van der Waals surface area contributed by atoms with Gasteiger partial charge in [-0.15, -0.1) is 0 Å². The highest BCUT2D eigenvalue weighted by Crippen LogP contribution is 2.40. The second kappa shape index (κ2) is 11.1. The number of aliphatic hydroxyl groups excluding tert-OH is 1. The third kappa shape index (κ3) is 5.80. The highest BCUT2D eigenvalue weighted by atomic mass is 16.5. The lowest BCUT2D eigenvalue weighted by atomic mass is 9.73. The van der Waals surface area contributed by atoms with Crippen LogP contribution in [0.3, 0.4) is 0 Å². The van der Waals surface area contributed by atoms with Crippen molar-refractivity contribution >= 4 is 5.97 Å². The molecule has 5 heteroatoms. The van der Waals surface area contributed by atoms with E-state index in [1.54, 1.807) is 12.1 Å². The zero-order valence-electron chi connectivity index (χ0n) is 16.2. The smallest absolute Gasteiger partial charge is 0.344 e. The normalized spacial score (nSPS) is 17.0. The molecule has 1 fully saturated rings. The lowest BCUT2D eigenvalue weighted by molar-refractivity contribution is -0.174. The maximum atomic E-state index is 12.8. The fraction of sp³-hybridized carbons (Fsp3) is 0.591. The van der Waals surface area contributed by atoms with Crippen LogP contribution in [-0.2, 0) is 15.1 Å². The van der Waals surface area contributed by atoms with Crippen molar-refractivity contribution in [2.45, 2.75) is 44.6 Å². The van der Waals surface area contributed by atoms with Crippen LogP contribution in [0.4, 0.5) is 0 Å². The van der Waals surface area contributed by atoms with E-state index < -0.39 is 11.6 Å². The number of likely N-dealkylation sites (N-methyl/N-ethyl adjacent to an activating group) is 1. The molecule has 0 bridgehead atoms. The topological polar surface area (TPSA) is 70.0 Å². The fourth-order valence-electron chi connectivity index (χ4n) is 3.65. The molecule has 0 aliphatic heterocycles. The van der Waals surface area contributed by atoms with Crippen molar-refractivity contribution in [1.29, 1.82) is 0 Å². The molecule has 2 N–H and O–H groups in total. The summed E-state index contributed by atoms with van der Waals surface area (Å²) in [6, 6.07) is 9.10. The lowest BCUT2D eigenvalue weighted by Gasteiger charge is -2.36. The van der Waals surface area contributed by atoms with E-state index in [-0.39, 0.29) is 19.1 Å². The van der Waals surface area contributed by atoms with Gasteiger partial charge in [0.05, 0.1) is 13.2 Å². The Labute approximate surface area is 162 Å². The molecule has 1 atom stereocenters. The average molecular weight is 373 g/mol. The maximum absolute atomic E-state index is 12.8. The minimum Gasteiger partial charge on any atom is -0.450 e. The summed E-state index contributed by atoms with van der Waals surface area (Å²) in [5, 5.41) is 20.3. The highest BCUT2D eigenvalue weighted by molar-refractivity contribution is 5.81. The Morgan fingerprint density at radius 3 is 2.56 bits per heavy atom. The molecule has 0 aromatic heterocycles. The van der Waals surface area contributed by atoms with E-state index in [0.717, 1.165) is 38.6 Å². The predicted molar refractivity (Wildman–Crippen MR) is 105 cm³/mol. The SMILES string of the molecule is CCN(CC#CCOC(=O)C(O)(c1ccccc1)C1CCCCC1)CCO. The van der Waals surface area contributed by atoms with Crippen LogP contribution in [0.2, 0.25) is 0 Å². The quantitative estimate of drug-likeness (QED) is 0.541. The van der Waals surface area contributed by atoms with Crippen LogP contribution in [0.5, 0.6) is 0 Å². The molecule has 0 heterocycles. The largest absolute Gasteiger partial charge is 0.450 e. The van der Waals surface area contributed by atoms with Crippen molar-refractivity contribution in [3.63, 3.8) is 0 Å². The molecular formula is C22H31NO4. The summed E-state index contributed by atoms with van der Waals surface area (Å²) in [7, 11) is 0. The number of esters is 1. The van der Waals surface area contributed by atoms with Crippen molar-refractivity contribution < 1.29 is 19.7 Å². The molecule has 0 saturated heterocycles. The van der Waals surface area contributed by atoms with Crippen molar-refractivity contribution in [2.24, 2.45) is 5.92 Å². The predicted octanol–water partition coefficient (Wildman–Crippen LogP) is 2.32. The van der Waals surface area contributed by atoms with Gasteiger partial charge < -0.3 is 14.9 Å². The standard InChI is InChI=1S/C22H31NO4/c1-2-23(16-17-24)15-9-10-18-27-21(25)22(26,19-11-5-3-6-12-19)20-13-7-4-8-14-20/h3,5-6,11-12,20,24,26H,2,4,7-8,13-18H2,1H3. The van der Waals surface area contributed by atoms with Crippen LogP contribution in [0.1, 0.15) is 44.6 Å². The number of rotatable bonds is 8. The van der Waals surface area contributed by atoms with E-state index in [9.17, 15) is 9.90 Å². The third-order valence-electron chi connectivity index (χ3n) is 5.29. The third-order valence-corrected chi connectivity index (χ3v) is 5.29. The molecule has 1 unspecified atom stereocenters. The van der Waals surface area contributed by atoms with Crippen LogP contribution in [0.15, 0.2) is 30.3 Å². The molecular weight excluding hydrogens is 342 g/mol. The molecule has 27 heavy (non-hydrogen) atoms. The van der Waals surface area contributed by atoms with E-state index in [2.05, 4.69) is 11.8 Å².